The van der Waals surface area contributed by atoms with E-state index in [1.54, 1.807) is 0 Å². The van der Waals surface area contributed by atoms with Crippen molar-refractivity contribution >= 4 is 11.9 Å². The number of ether oxygens (including phenoxy) is 1. The SMILES string of the molecule is NC(=O)c1ncn([C@@H]2O[C@H](C(=O)O)[C@@H](O)[C@H]2O)n1. The number of carboxylic acids is 1. The van der Waals surface area contributed by atoms with Gasteiger partial charge in [0.2, 0.25) is 5.82 Å². The molecule has 2 heterocycles. The summed E-state index contributed by atoms with van der Waals surface area (Å²) in [5.41, 5.74) is 4.94. The van der Waals surface area contributed by atoms with Crippen LogP contribution in [0, 0.1) is 0 Å². The van der Waals surface area contributed by atoms with Gasteiger partial charge in [-0.2, -0.15) is 0 Å². The van der Waals surface area contributed by atoms with Gasteiger partial charge >= 0.3 is 5.97 Å². The Kier molecular flexibility index (Phi) is 2.98. The van der Waals surface area contributed by atoms with Crippen LogP contribution in [0.4, 0.5) is 0 Å². The molecule has 0 unspecified atom stereocenters. The normalized spacial score (nSPS) is 31.4. The second kappa shape index (κ2) is 4.33. The fourth-order valence-corrected chi connectivity index (χ4v) is 1.59. The highest BCUT2D eigenvalue weighted by molar-refractivity contribution is 5.88. The predicted molar refractivity (Wildman–Crippen MR) is 52.1 cm³/mol. The van der Waals surface area contributed by atoms with Crippen molar-refractivity contribution in [2.45, 2.75) is 24.5 Å². The zero-order chi connectivity index (χ0) is 13.4. The van der Waals surface area contributed by atoms with Gasteiger partial charge in [0.25, 0.3) is 5.91 Å². The number of aliphatic hydroxyl groups excluding tert-OH is 2. The van der Waals surface area contributed by atoms with Gasteiger partial charge in [0.1, 0.15) is 18.5 Å². The molecule has 1 aromatic rings. The molecule has 98 valence electrons. The standard InChI is InChI=1S/C8H10N4O6/c9-5(15)6-10-1-12(11-6)7-3(14)2(13)4(18-7)8(16)17/h1-4,7,13-14H,(H2,9,15)(H,16,17)/t2-,3+,4-,7+/m0/s1. The van der Waals surface area contributed by atoms with E-state index < -0.39 is 36.4 Å². The van der Waals surface area contributed by atoms with Crippen molar-refractivity contribution in [1.82, 2.24) is 14.8 Å². The Morgan fingerprint density at radius 1 is 1.39 bits per heavy atom. The number of rotatable bonds is 3. The fraction of sp³-hybridized carbons (Fsp3) is 0.500. The molecule has 0 spiro atoms. The molecule has 4 atom stereocenters. The highest BCUT2D eigenvalue weighted by Crippen LogP contribution is 2.28. The van der Waals surface area contributed by atoms with Crippen molar-refractivity contribution in [1.29, 1.82) is 0 Å². The lowest BCUT2D eigenvalue weighted by atomic mass is 10.1. The maximum absolute atomic E-state index is 10.8. The number of carbonyl (C=O) groups is 2. The Balaban J connectivity index is 2.23. The first kappa shape index (κ1) is 12.4. The number of aromatic nitrogens is 3. The van der Waals surface area contributed by atoms with Gasteiger partial charge in [0, 0.05) is 0 Å². The molecule has 1 amide bonds. The van der Waals surface area contributed by atoms with Crippen molar-refractivity contribution in [3.05, 3.63) is 12.2 Å². The molecule has 1 fully saturated rings. The molecular weight excluding hydrogens is 248 g/mol. The monoisotopic (exact) mass is 258 g/mol. The van der Waals surface area contributed by atoms with Crippen LogP contribution in [0.2, 0.25) is 0 Å². The van der Waals surface area contributed by atoms with Crippen molar-refractivity contribution in [3.8, 4) is 0 Å². The van der Waals surface area contributed by atoms with Crippen LogP contribution in [0.1, 0.15) is 16.8 Å². The van der Waals surface area contributed by atoms with Crippen molar-refractivity contribution in [2.75, 3.05) is 0 Å². The average Bonchev–Trinajstić information content (AvgIpc) is 2.86. The third-order valence-electron chi connectivity index (χ3n) is 2.47. The van der Waals surface area contributed by atoms with Crippen LogP contribution in [0.15, 0.2) is 6.33 Å². The Hall–Kier alpha value is -2.04. The number of primary amides is 1. The molecule has 10 heteroatoms. The van der Waals surface area contributed by atoms with Crippen LogP contribution < -0.4 is 5.73 Å². The van der Waals surface area contributed by atoms with E-state index in [9.17, 15) is 19.8 Å². The molecule has 2 rings (SSSR count). The lowest BCUT2D eigenvalue weighted by Crippen LogP contribution is -2.35. The molecular formula is C8H10N4O6. The molecule has 0 aliphatic carbocycles. The fourth-order valence-electron chi connectivity index (χ4n) is 1.59. The number of hydrogen-bond donors (Lipinski definition) is 4. The number of nitrogens with zero attached hydrogens (tertiary/aromatic N) is 3. The van der Waals surface area contributed by atoms with Crippen LogP contribution in [0.25, 0.3) is 0 Å². The van der Waals surface area contributed by atoms with E-state index in [2.05, 4.69) is 10.1 Å². The van der Waals surface area contributed by atoms with Crippen LogP contribution in [0.5, 0.6) is 0 Å². The van der Waals surface area contributed by atoms with E-state index >= 15 is 0 Å². The smallest absolute Gasteiger partial charge is 0.335 e. The summed E-state index contributed by atoms with van der Waals surface area (Å²) in [6.07, 6.45) is -4.89. The summed E-state index contributed by atoms with van der Waals surface area (Å²) in [7, 11) is 0. The van der Waals surface area contributed by atoms with E-state index in [0.717, 1.165) is 11.0 Å². The summed E-state index contributed by atoms with van der Waals surface area (Å²) in [5, 5.41) is 31.5. The van der Waals surface area contributed by atoms with Crippen LogP contribution >= 0.6 is 0 Å². The average molecular weight is 258 g/mol. The molecule has 0 saturated carbocycles. The van der Waals surface area contributed by atoms with Crippen molar-refractivity contribution < 1.29 is 29.6 Å². The van der Waals surface area contributed by atoms with Crippen LogP contribution in [-0.4, -0.2) is 60.3 Å². The zero-order valence-corrected chi connectivity index (χ0v) is 8.87. The minimum atomic E-state index is -1.60. The second-order valence-corrected chi connectivity index (χ2v) is 3.68. The van der Waals surface area contributed by atoms with Crippen LogP contribution in [-0.2, 0) is 9.53 Å². The summed E-state index contributed by atoms with van der Waals surface area (Å²) >= 11 is 0. The number of aliphatic hydroxyl groups is 2. The number of aliphatic carboxylic acids is 1. The number of nitrogens with two attached hydrogens (primary N) is 1. The molecule has 0 bridgehead atoms. The third kappa shape index (κ3) is 1.92. The topological polar surface area (TPSA) is 161 Å². The Labute approximate surface area is 99.6 Å². The van der Waals surface area contributed by atoms with Gasteiger partial charge in [-0.3, -0.25) is 4.79 Å². The quantitative estimate of drug-likeness (QED) is 0.448. The second-order valence-electron chi connectivity index (χ2n) is 3.68. The van der Waals surface area contributed by atoms with Gasteiger partial charge in [-0.15, -0.1) is 5.10 Å². The van der Waals surface area contributed by atoms with E-state index in [-0.39, 0.29) is 5.82 Å². The lowest BCUT2D eigenvalue weighted by Gasteiger charge is -2.13. The Bertz CT molecular complexity index is 488. The number of amides is 1. The maximum Gasteiger partial charge on any atom is 0.335 e. The Morgan fingerprint density at radius 2 is 2.06 bits per heavy atom. The summed E-state index contributed by atoms with van der Waals surface area (Å²) in [4.78, 5) is 25.1. The summed E-state index contributed by atoms with van der Waals surface area (Å²) < 4.78 is 5.86. The minimum Gasteiger partial charge on any atom is -0.479 e. The molecule has 0 radical (unpaired) electrons. The van der Waals surface area contributed by atoms with E-state index in [1.165, 1.54) is 0 Å². The van der Waals surface area contributed by atoms with Gasteiger partial charge in [-0.05, 0) is 0 Å². The summed E-state index contributed by atoms with van der Waals surface area (Å²) in [5.74, 6) is -2.60. The molecule has 1 aliphatic rings. The van der Waals surface area contributed by atoms with Gasteiger partial charge in [-0.1, -0.05) is 0 Å². The van der Waals surface area contributed by atoms with Gasteiger partial charge in [0.15, 0.2) is 12.3 Å². The molecule has 1 saturated heterocycles. The Morgan fingerprint density at radius 3 is 2.50 bits per heavy atom. The van der Waals surface area contributed by atoms with Gasteiger partial charge in [0.05, 0.1) is 0 Å². The molecule has 5 N–H and O–H groups in total. The van der Waals surface area contributed by atoms with E-state index in [4.69, 9.17) is 15.6 Å². The molecule has 1 aliphatic heterocycles. The summed E-state index contributed by atoms with van der Waals surface area (Å²) in [6.45, 7) is 0. The predicted octanol–water partition coefficient (Wildman–Crippen LogP) is -2.92. The number of hydrogen-bond acceptors (Lipinski definition) is 7. The molecule has 1 aromatic heterocycles. The lowest BCUT2D eigenvalue weighted by molar-refractivity contribution is -0.155. The molecule has 10 nitrogen and oxygen atoms in total. The summed E-state index contributed by atoms with van der Waals surface area (Å²) in [6, 6.07) is 0. The number of carbonyl (C=O) groups excluding carboxylic acids is 1. The molecule has 0 aromatic carbocycles. The zero-order valence-electron chi connectivity index (χ0n) is 8.87. The highest BCUT2D eigenvalue weighted by atomic mass is 16.6. The third-order valence-corrected chi connectivity index (χ3v) is 2.47. The minimum absolute atomic E-state index is 0.306. The van der Waals surface area contributed by atoms with Gasteiger partial charge < -0.3 is 25.8 Å². The van der Waals surface area contributed by atoms with E-state index in [1.807, 2.05) is 0 Å². The van der Waals surface area contributed by atoms with E-state index in [0.29, 0.717) is 0 Å². The van der Waals surface area contributed by atoms with Crippen LogP contribution in [0.3, 0.4) is 0 Å². The molecule has 18 heavy (non-hydrogen) atoms. The highest BCUT2D eigenvalue weighted by Gasteiger charge is 2.48. The maximum atomic E-state index is 10.8. The largest absolute Gasteiger partial charge is 0.479 e. The van der Waals surface area contributed by atoms with Gasteiger partial charge in [-0.25, -0.2) is 14.5 Å². The number of carboxylic acid groups (broad SMARTS) is 1. The first-order chi connectivity index (χ1) is 8.41. The van der Waals surface area contributed by atoms with Crippen molar-refractivity contribution in [3.63, 3.8) is 0 Å². The van der Waals surface area contributed by atoms with Crippen molar-refractivity contribution in [2.24, 2.45) is 5.73 Å². The first-order valence-electron chi connectivity index (χ1n) is 4.87. The first-order valence-corrected chi connectivity index (χ1v) is 4.87.